The van der Waals surface area contributed by atoms with Crippen LogP contribution in [0.15, 0.2) is 29.6 Å². The molecule has 3 aromatic rings. The Labute approximate surface area is 169 Å². The molecule has 0 atom stereocenters. The summed E-state index contributed by atoms with van der Waals surface area (Å²) in [4.78, 5) is 12.8. The standard InChI is InChI=1S/C21H26N4O2S/c1-4-19-23-20(18-7-10-28-21(18)24-19)22-14-5-8-25(9-6-14)15-11-16(26-2)13-17(12-15)27-3/h7,10-14H,4-6,8-9H2,1-3H3,(H,22,23,24). The Kier molecular flexibility index (Phi) is 5.52. The molecule has 1 fully saturated rings. The lowest BCUT2D eigenvalue weighted by atomic mass is 10.0. The maximum absolute atomic E-state index is 5.41. The third kappa shape index (κ3) is 3.85. The summed E-state index contributed by atoms with van der Waals surface area (Å²) in [6.07, 6.45) is 2.95. The van der Waals surface area contributed by atoms with Gasteiger partial charge >= 0.3 is 0 Å². The van der Waals surface area contributed by atoms with Crippen molar-refractivity contribution in [3.63, 3.8) is 0 Å². The van der Waals surface area contributed by atoms with E-state index in [-0.39, 0.29) is 0 Å². The fourth-order valence-electron chi connectivity index (χ4n) is 3.62. The Morgan fingerprint density at radius 1 is 1.11 bits per heavy atom. The lowest BCUT2D eigenvalue weighted by molar-refractivity contribution is 0.394. The number of methoxy groups -OCH3 is 2. The van der Waals surface area contributed by atoms with E-state index < -0.39 is 0 Å². The number of thiophene rings is 1. The zero-order valence-electron chi connectivity index (χ0n) is 16.6. The molecule has 7 heteroatoms. The average Bonchev–Trinajstić information content (AvgIpc) is 3.22. The van der Waals surface area contributed by atoms with Crippen LogP contribution in [0.3, 0.4) is 0 Å². The zero-order chi connectivity index (χ0) is 19.5. The number of rotatable bonds is 6. The van der Waals surface area contributed by atoms with Crippen LogP contribution in [-0.2, 0) is 6.42 Å². The predicted molar refractivity (Wildman–Crippen MR) is 115 cm³/mol. The van der Waals surface area contributed by atoms with Crippen molar-refractivity contribution in [2.24, 2.45) is 0 Å². The molecule has 3 heterocycles. The lowest BCUT2D eigenvalue weighted by Gasteiger charge is -2.34. The van der Waals surface area contributed by atoms with Gasteiger partial charge in [-0.05, 0) is 24.3 Å². The van der Waals surface area contributed by atoms with Gasteiger partial charge < -0.3 is 19.7 Å². The van der Waals surface area contributed by atoms with E-state index in [0.29, 0.717) is 6.04 Å². The van der Waals surface area contributed by atoms with E-state index in [1.807, 2.05) is 6.07 Å². The second kappa shape index (κ2) is 8.22. The van der Waals surface area contributed by atoms with Crippen molar-refractivity contribution in [1.29, 1.82) is 0 Å². The number of hydrogen-bond acceptors (Lipinski definition) is 7. The molecule has 0 amide bonds. The number of benzene rings is 1. The highest BCUT2D eigenvalue weighted by Crippen LogP contribution is 2.31. The normalized spacial score (nSPS) is 15.0. The zero-order valence-corrected chi connectivity index (χ0v) is 17.4. The molecule has 6 nitrogen and oxygen atoms in total. The fraction of sp³-hybridized carbons (Fsp3) is 0.429. The summed E-state index contributed by atoms with van der Waals surface area (Å²) in [6.45, 7) is 4.05. The van der Waals surface area contributed by atoms with Crippen LogP contribution >= 0.6 is 11.3 Å². The van der Waals surface area contributed by atoms with Crippen LogP contribution in [0.5, 0.6) is 11.5 Å². The van der Waals surface area contributed by atoms with Gasteiger partial charge in [0.05, 0.1) is 19.6 Å². The van der Waals surface area contributed by atoms with Crippen molar-refractivity contribution in [3.8, 4) is 11.5 Å². The molecule has 0 unspecified atom stereocenters. The Bertz CT molecular complexity index is 928. The minimum Gasteiger partial charge on any atom is -0.497 e. The third-order valence-corrected chi connectivity index (χ3v) is 6.03. The molecule has 0 radical (unpaired) electrons. The molecule has 0 saturated carbocycles. The van der Waals surface area contributed by atoms with Crippen LogP contribution in [-0.4, -0.2) is 43.3 Å². The number of nitrogens with zero attached hydrogens (tertiary/aromatic N) is 3. The van der Waals surface area contributed by atoms with Gasteiger partial charge in [-0.15, -0.1) is 11.3 Å². The Morgan fingerprint density at radius 3 is 2.46 bits per heavy atom. The second-order valence-electron chi connectivity index (χ2n) is 6.96. The molecular weight excluding hydrogens is 372 g/mol. The fourth-order valence-corrected chi connectivity index (χ4v) is 4.40. The number of aryl methyl sites for hydroxylation is 1. The molecule has 28 heavy (non-hydrogen) atoms. The van der Waals surface area contributed by atoms with Crippen molar-refractivity contribution in [3.05, 3.63) is 35.5 Å². The minimum absolute atomic E-state index is 0.409. The molecule has 0 aliphatic carbocycles. The summed E-state index contributed by atoms with van der Waals surface area (Å²) < 4.78 is 10.8. The second-order valence-corrected chi connectivity index (χ2v) is 7.85. The molecule has 1 aromatic carbocycles. The van der Waals surface area contributed by atoms with E-state index in [1.54, 1.807) is 25.6 Å². The molecule has 148 valence electrons. The van der Waals surface area contributed by atoms with E-state index in [0.717, 1.165) is 71.4 Å². The van der Waals surface area contributed by atoms with Gasteiger partial charge in [0.25, 0.3) is 0 Å². The summed E-state index contributed by atoms with van der Waals surface area (Å²) in [5.41, 5.74) is 1.14. The summed E-state index contributed by atoms with van der Waals surface area (Å²) in [6, 6.07) is 8.57. The van der Waals surface area contributed by atoms with Crippen molar-refractivity contribution >= 4 is 33.1 Å². The first-order valence-corrected chi connectivity index (χ1v) is 10.6. The molecule has 1 saturated heterocycles. The summed E-state index contributed by atoms with van der Waals surface area (Å²) >= 11 is 1.67. The van der Waals surface area contributed by atoms with Crippen LogP contribution in [0, 0.1) is 0 Å². The quantitative estimate of drug-likeness (QED) is 0.666. The van der Waals surface area contributed by atoms with Crippen molar-refractivity contribution in [2.45, 2.75) is 32.2 Å². The van der Waals surface area contributed by atoms with Gasteiger partial charge in [-0.1, -0.05) is 6.92 Å². The summed E-state index contributed by atoms with van der Waals surface area (Å²) in [5.74, 6) is 3.52. The van der Waals surface area contributed by atoms with Crippen molar-refractivity contribution in [2.75, 3.05) is 37.5 Å². The molecule has 2 aromatic heterocycles. The monoisotopic (exact) mass is 398 g/mol. The third-order valence-electron chi connectivity index (χ3n) is 5.22. The molecule has 1 N–H and O–H groups in total. The Morgan fingerprint density at radius 2 is 1.82 bits per heavy atom. The number of fused-ring (bicyclic) bond motifs is 1. The largest absolute Gasteiger partial charge is 0.497 e. The minimum atomic E-state index is 0.409. The number of nitrogens with one attached hydrogen (secondary N) is 1. The van der Waals surface area contributed by atoms with Crippen LogP contribution in [0.4, 0.5) is 11.5 Å². The highest BCUT2D eigenvalue weighted by atomic mass is 32.1. The van der Waals surface area contributed by atoms with Crippen molar-refractivity contribution < 1.29 is 9.47 Å². The lowest BCUT2D eigenvalue weighted by Crippen LogP contribution is -2.39. The number of anilines is 2. The highest BCUT2D eigenvalue weighted by molar-refractivity contribution is 7.16. The van der Waals surface area contributed by atoms with Crippen molar-refractivity contribution in [1.82, 2.24) is 9.97 Å². The number of piperidine rings is 1. The van der Waals surface area contributed by atoms with Gasteiger partial charge in [-0.25, -0.2) is 9.97 Å². The number of ether oxygens (including phenoxy) is 2. The topological polar surface area (TPSA) is 59.5 Å². The van der Waals surface area contributed by atoms with E-state index in [1.165, 1.54) is 0 Å². The first-order chi connectivity index (χ1) is 13.7. The molecule has 0 bridgehead atoms. The van der Waals surface area contributed by atoms with Crippen LogP contribution < -0.4 is 19.7 Å². The first-order valence-electron chi connectivity index (χ1n) is 9.68. The number of hydrogen-bond donors (Lipinski definition) is 1. The van der Waals surface area contributed by atoms with Gasteiger partial charge in [0.1, 0.15) is 28.0 Å². The highest BCUT2D eigenvalue weighted by Gasteiger charge is 2.22. The van der Waals surface area contributed by atoms with E-state index in [9.17, 15) is 0 Å². The first kappa shape index (κ1) is 18.8. The van der Waals surface area contributed by atoms with Crippen LogP contribution in [0.2, 0.25) is 0 Å². The Hall–Kier alpha value is -2.54. The van der Waals surface area contributed by atoms with Crippen LogP contribution in [0.1, 0.15) is 25.6 Å². The molecule has 4 rings (SSSR count). The smallest absolute Gasteiger partial charge is 0.138 e. The van der Waals surface area contributed by atoms with E-state index >= 15 is 0 Å². The molecule has 1 aliphatic heterocycles. The molecule has 1 aliphatic rings. The average molecular weight is 399 g/mol. The number of aromatic nitrogens is 2. The molecule has 0 spiro atoms. The van der Waals surface area contributed by atoms with E-state index in [4.69, 9.17) is 14.5 Å². The SMILES string of the molecule is CCc1nc(NC2CCN(c3cc(OC)cc(OC)c3)CC2)c2ccsc2n1. The van der Waals surface area contributed by atoms with Gasteiger partial charge in [-0.2, -0.15) is 0 Å². The summed E-state index contributed by atoms with van der Waals surface area (Å²) in [7, 11) is 3.37. The maximum atomic E-state index is 5.41. The van der Waals surface area contributed by atoms with Gasteiger partial charge in [0.15, 0.2) is 0 Å². The van der Waals surface area contributed by atoms with Gasteiger partial charge in [0.2, 0.25) is 0 Å². The Balaban J connectivity index is 1.46. The van der Waals surface area contributed by atoms with Gasteiger partial charge in [-0.3, -0.25) is 0 Å². The predicted octanol–water partition coefficient (Wildman–Crippen LogP) is 4.35. The van der Waals surface area contributed by atoms with Crippen LogP contribution in [0.25, 0.3) is 10.2 Å². The summed E-state index contributed by atoms with van der Waals surface area (Å²) in [5, 5.41) is 6.89. The van der Waals surface area contributed by atoms with E-state index in [2.05, 4.69) is 45.7 Å². The van der Waals surface area contributed by atoms with Gasteiger partial charge in [0, 0.05) is 49.4 Å². The molecular formula is C21H26N4O2S. The maximum Gasteiger partial charge on any atom is 0.138 e.